The van der Waals surface area contributed by atoms with Crippen molar-refractivity contribution in [2.45, 2.75) is 78.3 Å². The van der Waals surface area contributed by atoms with Gasteiger partial charge in [0.1, 0.15) is 0 Å². The van der Waals surface area contributed by atoms with E-state index < -0.39 is 10.1 Å². The van der Waals surface area contributed by atoms with Crippen LogP contribution in [-0.2, 0) is 21.5 Å². The third-order valence-corrected chi connectivity index (χ3v) is 6.98. The third-order valence-electron chi connectivity index (χ3n) is 5.84. The van der Waals surface area contributed by atoms with Crippen LogP contribution in [-0.4, -0.2) is 38.1 Å². The Bertz CT molecular complexity index is 771. The maximum atomic E-state index is 13.0. The minimum absolute atomic E-state index is 0.108. The van der Waals surface area contributed by atoms with Crippen LogP contribution in [0.15, 0.2) is 18.2 Å². The molecule has 164 valence electrons. The van der Waals surface area contributed by atoms with E-state index >= 15 is 0 Å². The predicted octanol–water partition coefficient (Wildman–Crippen LogP) is 4.52. The molecule has 1 fully saturated rings. The fraction of sp³-hybridized carbons (Fsp3) is 0.682. The Hall–Kier alpha value is -1.76. The summed E-state index contributed by atoms with van der Waals surface area (Å²) in [5.74, 6) is 1.23. The Balaban J connectivity index is 2.15. The molecule has 29 heavy (non-hydrogen) atoms. The zero-order chi connectivity index (χ0) is 21.4. The first-order chi connectivity index (χ1) is 13.8. The lowest BCUT2D eigenvalue weighted by molar-refractivity contribution is -0.134. The second kappa shape index (κ2) is 10.9. The van der Waals surface area contributed by atoms with E-state index in [9.17, 15) is 13.2 Å². The van der Waals surface area contributed by atoms with E-state index in [1.54, 1.807) is 12.1 Å². The Labute approximate surface area is 175 Å². The smallest absolute Gasteiger partial charge is 0.309 e. The monoisotopic (exact) mass is 425 g/mol. The van der Waals surface area contributed by atoms with Crippen LogP contribution in [0.4, 0.5) is 0 Å². The van der Waals surface area contributed by atoms with Crippen molar-refractivity contribution in [1.29, 1.82) is 0 Å². The highest BCUT2D eigenvalue weighted by Gasteiger charge is 2.23. The van der Waals surface area contributed by atoms with Gasteiger partial charge in [0.15, 0.2) is 11.5 Å². The van der Waals surface area contributed by atoms with Crippen LogP contribution in [0.25, 0.3) is 0 Å². The summed E-state index contributed by atoms with van der Waals surface area (Å²) in [6, 6.07) is 5.31. The number of hydrogen-bond donors (Lipinski definition) is 0. The van der Waals surface area contributed by atoms with Gasteiger partial charge in [-0.05, 0) is 50.3 Å². The lowest BCUT2D eigenvalue weighted by Gasteiger charge is -2.29. The zero-order valence-electron chi connectivity index (χ0n) is 18.1. The average Bonchev–Trinajstić information content (AvgIpc) is 3.23. The average molecular weight is 426 g/mol. The molecular formula is C22H35NO5S. The van der Waals surface area contributed by atoms with E-state index in [2.05, 4.69) is 13.8 Å². The van der Waals surface area contributed by atoms with Crippen molar-refractivity contribution in [3.63, 3.8) is 0 Å². The summed E-state index contributed by atoms with van der Waals surface area (Å²) >= 11 is 0. The van der Waals surface area contributed by atoms with Crippen LogP contribution in [0.1, 0.15) is 71.3 Å². The van der Waals surface area contributed by atoms with Crippen molar-refractivity contribution in [2.24, 2.45) is 5.92 Å². The van der Waals surface area contributed by atoms with Gasteiger partial charge in [-0.3, -0.25) is 4.79 Å². The molecule has 0 aromatic heterocycles. The van der Waals surface area contributed by atoms with Crippen LogP contribution < -0.4 is 8.92 Å². The lowest BCUT2D eigenvalue weighted by Crippen LogP contribution is -2.37. The Morgan fingerprint density at radius 1 is 1.21 bits per heavy atom. The molecule has 1 aliphatic carbocycles. The molecule has 0 heterocycles. The number of rotatable bonds is 11. The molecule has 1 atom stereocenters. The van der Waals surface area contributed by atoms with E-state index in [1.165, 1.54) is 39.7 Å². The number of nitrogens with zero attached hydrogens (tertiary/aromatic N) is 1. The quantitative estimate of drug-likeness (QED) is 0.487. The Kier molecular flexibility index (Phi) is 8.80. The fourth-order valence-electron chi connectivity index (χ4n) is 3.76. The number of carbonyl (C=O) groups is 1. The Morgan fingerprint density at radius 3 is 2.48 bits per heavy atom. The van der Waals surface area contributed by atoms with Gasteiger partial charge in [-0.15, -0.1) is 0 Å². The molecule has 0 radical (unpaired) electrons. The molecule has 1 aromatic rings. The molecule has 6 nitrogen and oxygen atoms in total. The topological polar surface area (TPSA) is 72.9 Å². The Morgan fingerprint density at radius 2 is 1.90 bits per heavy atom. The number of hydrogen-bond acceptors (Lipinski definition) is 5. The van der Waals surface area contributed by atoms with E-state index in [-0.39, 0.29) is 23.5 Å². The number of benzene rings is 1. The van der Waals surface area contributed by atoms with E-state index in [4.69, 9.17) is 8.92 Å². The maximum Gasteiger partial charge on any atom is 0.309 e. The number of methoxy groups -OCH3 is 1. The second-order valence-electron chi connectivity index (χ2n) is 7.88. The van der Waals surface area contributed by atoms with Crippen molar-refractivity contribution < 1.29 is 22.1 Å². The molecule has 1 aliphatic rings. The standard InChI is InChI=1S/C22H35NO5S/c1-5-17(3)23(22(24)14-12-18-9-7-8-10-18)16-19-11-13-20(27-4)21(15-19)28-29(25,26)6-2/h11,13,15,17-18H,5-10,12,14,16H2,1-4H3. The number of ether oxygens (including phenoxy) is 1. The highest BCUT2D eigenvalue weighted by molar-refractivity contribution is 7.87. The highest BCUT2D eigenvalue weighted by Crippen LogP contribution is 2.31. The molecule has 1 aromatic carbocycles. The van der Waals surface area contributed by atoms with Crippen molar-refractivity contribution in [2.75, 3.05) is 12.9 Å². The molecule has 1 amide bonds. The second-order valence-corrected chi connectivity index (χ2v) is 9.74. The van der Waals surface area contributed by atoms with Gasteiger partial charge in [-0.2, -0.15) is 8.42 Å². The van der Waals surface area contributed by atoms with Crippen LogP contribution in [0.5, 0.6) is 11.5 Å². The van der Waals surface area contributed by atoms with Gasteiger partial charge in [0.2, 0.25) is 5.91 Å². The first-order valence-electron chi connectivity index (χ1n) is 10.7. The van der Waals surface area contributed by atoms with Crippen molar-refractivity contribution >= 4 is 16.0 Å². The molecule has 1 unspecified atom stereocenters. The molecule has 0 N–H and O–H groups in total. The first-order valence-corrected chi connectivity index (χ1v) is 12.3. The number of amides is 1. The molecule has 2 rings (SSSR count). The minimum Gasteiger partial charge on any atom is -0.493 e. The van der Waals surface area contributed by atoms with Crippen molar-refractivity contribution in [3.05, 3.63) is 23.8 Å². The molecule has 0 aliphatic heterocycles. The summed E-state index contributed by atoms with van der Waals surface area (Å²) in [5.41, 5.74) is 0.821. The first kappa shape index (κ1) is 23.5. The zero-order valence-corrected chi connectivity index (χ0v) is 19.0. The highest BCUT2D eigenvalue weighted by atomic mass is 32.2. The van der Waals surface area contributed by atoms with E-state index in [0.29, 0.717) is 24.6 Å². The third kappa shape index (κ3) is 6.91. The minimum atomic E-state index is -3.67. The van der Waals surface area contributed by atoms with Gasteiger partial charge in [0.25, 0.3) is 0 Å². The van der Waals surface area contributed by atoms with Gasteiger partial charge < -0.3 is 13.8 Å². The van der Waals surface area contributed by atoms with Crippen LogP contribution in [0.2, 0.25) is 0 Å². The maximum absolute atomic E-state index is 13.0. The van der Waals surface area contributed by atoms with Gasteiger partial charge >= 0.3 is 10.1 Å². The van der Waals surface area contributed by atoms with Crippen LogP contribution in [0.3, 0.4) is 0 Å². The molecular weight excluding hydrogens is 390 g/mol. The van der Waals surface area contributed by atoms with Gasteiger partial charge in [-0.25, -0.2) is 0 Å². The summed E-state index contributed by atoms with van der Waals surface area (Å²) in [6.07, 6.45) is 7.42. The molecule has 0 spiro atoms. The predicted molar refractivity (Wildman–Crippen MR) is 115 cm³/mol. The summed E-state index contributed by atoms with van der Waals surface area (Å²) in [7, 11) is -2.20. The van der Waals surface area contributed by atoms with E-state index in [0.717, 1.165) is 18.4 Å². The van der Waals surface area contributed by atoms with Crippen LogP contribution >= 0.6 is 0 Å². The summed E-state index contributed by atoms with van der Waals surface area (Å²) in [4.78, 5) is 14.9. The van der Waals surface area contributed by atoms with Gasteiger partial charge in [0, 0.05) is 19.0 Å². The lowest BCUT2D eigenvalue weighted by atomic mass is 10.0. The molecule has 7 heteroatoms. The number of carbonyl (C=O) groups excluding carboxylic acids is 1. The van der Waals surface area contributed by atoms with Gasteiger partial charge in [-0.1, -0.05) is 38.7 Å². The van der Waals surface area contributed by atoms with Crippen molar-refractivity contribution in [3.8, 4) is 11.5 Å². The van der Waals surface area contributed by atoms with Crippen molar-refractivity contribution in [1.82, 2.24) is 4.90 Å². The summed E-state index contributed by atoms with van der Waals surface area (Å²) in [6.45, 7) is 6.07. The molecule has 0 saturated heterocycles. The van der Waals surface area contributed by atoms with E-state index in [1.807, 2.05) is 11.0 Å². The fourth-order valence-corrected chi connectivity index (χ4v) is 4.28. The largest absolute Gasteiger partial charge is 0.493 e. The molecule has 1 saturated carbocycles. The SMILES string of the molecule is CCC(C)N(Cc1ccc(OC)c(OS(=O)(=O)CC)c1)C(=O)CCC1CCCC1. The summed E-state index contributed by atoms with van der Waals surface area (Å²) < 4.78 is 34.2. The van der Waals surface area contributed by atoms with Crippen LogP contribution in [0, 0.1) is 5.92 Å². The normalized spacial score (nSPS) is 15.9. The van der Waals surface area contributed by atoms with Gasteiger partial charge in [0.05, 0.1) is 12.9 Å². The molecule has 0 bridgehead atoms. The summed E-state index contributed by atoms with van der Waals surface area (Å²) in [5, 5.41) is 0.